The van der Waals surface area contributed by atoms with E-state index >= 15 is 0 Å². The quantitative estimate of drug-likeness (QED) is 0.828. The lowest BCUT2D eigenvalue weighted by Gasteiger charge is -2.34. The molecule has 1 aromatic rings. The van der Waals surface area contributed by atoms with Gasteiger partial charge in [0.2, 0.25) is 11.8 Å². The Morgan fingerprint density at radius 2 is 1.92 bits per heavy atom. The predicted octanol–water partition coefficient (Wildman–Crippen LogP) is 3.49. The van der Waals surface area contributed by atoms with Crippen molar-refractivity contribution in [1.29, 1.82) is 0 Å². The molecule has 6 heteroatoms. The van der Waals surface area contributed by atoms with Gasteiger partial charge < -0.3 is 10.2 Å². The molecule has 5 atom stereocenters. The molecule has 142 valence electrons. The van der Waals surface area contributed by atoms with E-state index in [0.717, 1.165) is 55.9 Å². The van der Waals surface area contributed by atoms with Crippen LogP contribution in [0.15, 0.2) is 0 Å². The third-order valence-corrected chi connectivity index (χ3v) is 7.24. The smallest absolute Gasteiger partial charge is 0.229 e. The van der Waals surface area contributed by atoms with Gasteiger partial charge in [0.05, 0.1) is 5.69 Å². The van der Waals surface area contributed by atoms with Gasteiger partial charge in [0.25, 0.3) is 0 Å². The molecular weight excluding hydrogens is 346 g/mol. The molecule has 3 aliphatic rings. The van der Waals surface area contributed by atoms with E-state index in [1.807, 2.05) is 0 Å². The predicted molar refractivity (Wildman–Crippen MR) is 103 cm³/mol. The number of anilines is 1. The van der Waals surface area contributed by atoms with Gasteiger partial charge in [0.15, 0.2) is 5.13 Å². The molecule has 1 aromatic heterocycles. The number of nitrogens with one attached hydrogen (secondary N) is 1. The van der Waals surface area contributed by atoms with Crippen LogP contribution in [0.3, 0.4) is 0 Å². The van der Waals surface area contributed by atoms with Crippen molar-refractivity contribution in [3.05, 3.63) is 10.6 Å². The Kier molecular flexibility index (Phi) is 4.80. The molecule has 26 heavy (non-hydrogen) atoms. The Labute approximate surface area is 159 Å². The van der Waals surface area contributed by atoms with E-state index in [4.69, 9.17) is 0 Å². The van der Waals surface area contributed by atoms with Crippen LogP contribution in [-0.4, -0.2) is 34.3 Å². The van der Waals surface area contributed by atoms with E-state index in [2.05, 4.69) is 36.0 Å². The van der Waals surface area contributed by atoms with Gasteiger partial charge in [0.1, 0.15) is 0 Å². The Morgan fingerprint density at radius 1 is 1.23 bits per heavy atom. The van der Waals surface area contributed by atoms with Crippen LogP contribution in [0.2, 0.25) is 0 Å². The van der Waals surface area contributed by atoms with E-state index in [-0.39, 0.29) is 23.8 Å². The minimum atomic E-state index is 0.116. The lowest BCUT2D eigenvalue weighted by Crippen LogP contribution is -2.44. The van der Waals surface area contributed by atoms with Crippen molar-refractivity contribution in [2.24, 2.45) is 23.7 Å². The van der Waals surface area contributed by atoms with E-state index in [1.165, 1.54) is 4.88 Å². The number of carbonyl (C=O) groups excluding carboxylic acids is 2. The lowest BCUT2D eigenvalue weighted by molar-refractivity contribution is -0.135. The molecule has 2 amide bonds. The summed E-state index contributed by atoms with van der Waals surface area (Å²) >= 11 is 1.60. The second-order valence-electron chi connectivity index (χ2n) is 8.45. The van der Waals surface area contributed by atoms with Gasteiger partial charge in [0, 0.05) is 35.7 Å². The summed E-state index contributed by atoms with van der Waals surface area (Å²) in [5.74, 6) is 1.95. The molecule has 0 spiro atoms. The first kappa shape index (κ1) is 18.0. The number of carbonyl (C=O) groups is 2. The highest BCUT2D eigenvalue weighted by atomic mass is 32.1. The molecule has 1 N–H and O–H groups in total. The number of aromatic nitrogens is 1. The van der Waals surface area contributed by atoms with Crippen molar-refractivity contribution in [1.82, 2.24) is 9.88 Å². The van der Waals surface area contributed by atoms with Gasteiger partial charge in [-0.1, -0.05) is 20.8 Å². The maximum atomic E-state index is 12.8. The van der Waals surface area contributed by atoms with Crippen LogP contribution in [0.5, 0.6) is 0 Å². The number of amides is 2. The van der Waals surface area contributed by atoms with Crippen molar-refractivity contribution >= 4 is 28.3 Å². The third kappa shape index (κ3) is 3.53. The van der Waals surface area contributed by atoms with Crippen LogP contribution in [0, 0.1) is 23.7 Å². The zero-order valence-corrected chi connectivity index (χ0v) is 16.8. The molecule has 4 rings (SSSR count). The maximum Gasteiger partial charge on any atom is 0.229 e. The Hall–Kier alpha value is -1.43. The van der Waals surface area contributed by atoms with E-state index in [9.17, 15) is 9.59 Å². The highest BCUT2D eigenvalue weighted by Gasteiger charge is 2.43. The van der Waals surface area contributed by atoms with Crippen LogP contribution in [-0.2, 0) is 22.4 Å². The summed E-state index contributed by atoms with van der Waals surface area (Å²) < 4.78 is 0. The van der Waals surface area contributed by atoms with Crippen molar-refractivity contribution < 1.29 is 9.59 Å². The van der Waals surface area contributed by atoms with Gasteiger partial charge >= 0.3 is 0 Å². The number of nitrogens with zero attached hydrogens (tertiary/aromatic N) is 2. The van der Waals surface area contributed by atoms with Crippen LogP contribution >= 0.6 is 11.3 Å². The van der Waals surface area contributed by atoms with Crippen LogP contribution in [0.4, 0.5) is 5.13 Å². The zero-order valence-electron chi connectivity index (χ0n) is 16.0. The van der Waals surface area contributed by atoms with Gasteiger partial charge in [-0.15, -0.1) is 11.3 Å². The normalized spacial score (nSPS) is 31.9. The fourth-order valence-corrected chi connectivity index (χ4v) is 5.24. The summed E-state index contributed by atoms with van der Waals surface area (Å²) in [6.07, 6.45) is 5.81. The first-order valence-corrected chi connectivity index (χ1v) is 10.9. The minimum absolute atomic E-state index is 0.116. The largest absolute Gasteiger partial charge is 0.339 e. The number of thiazole rings is 1. The standard InChI is InChI=1S/C20H29N3O2S/c1-4-7-23(19(25)15-9-12(15)3)13-5-6-16-17(10-13)26-20(21-16)22-18(24)14-8-11(14)2/h11-15H,4-10H2,1-3H3,(H,21,22,24)/t11-,12+,13-,14+,15-/m1/s1. The Morgan fingerprint density at radius 3 is 2.54 bits per heavy atom. The maximum absolute atomic E-state index is 12.8. The van der Waals surface area contributed by atoms with E-state index < -0.39 is 0 Å². The second-order valence-corrected chi connectivity index (χ2v) is 9.53. The van der Waals surface area contributed by atoms with Gasteiger partial charge in [-0.3, -0.25) is 9.59 Å². The Balaban J connectivity index is 1.43. The average Bonchev–Trinajstić information content (AvgIpc) is 3.48. The third-order valence-electron chi connectivity index (χ3n) is 6.21. The molecule has 0 saturated heterocycles. The van der Waals surface area contributed by atoms with Crippen molar-refractivity contribution in [2.45, 2.75) is 65.3 Å². The first-order valence-electron chi connectivity index (χ1n) is 10.1. The summed E-state index contributed by atoms with van der Waals surface area (Å²) in [6.45, 7) is 7.28. The van der Waals surface area contributed by atoms with Gasteiger partial charge in [-0.05, 0) is 43.9 Å². The fourth-order valence-electron chi connectivity index (χ4n) is 4.16. The zero-order chi connectivity index (χ0) is 18.4. The van der Waals surface area contributed by atoms with Crippen molar-refractivity contribution in [3.8, 4) is 0 Å². The summed E-state index contributed by atoms with van der Waals surface area (Å²) in [7, 11) is 0. The van der Waals surface area contributed by atoms with Crippen LogP contribution in [0.1, 0.15) is 57.0 Å². The molecular formula is C20H29N3O2S. The first-order chi connectivity index (χ1) is 12.5. The highest BCUT2D eigenvalue weighted by Crippen LogP contribution is 2.41. The monoisotopic (exact) mass is 375 g/mol. The summed E-state index contributed by atoms with van der Waals surface area (Å²) in [4.78, 5) is 33.0. The molecule has 1 heterocycles. The number of rotatable bonds is 6. The van der Waals surface area contributed by atoms with Gasteiger partial charge in [-0.25, -0.2) is 4.98 Å². The van der Waals surface area contributed by atoms with Crippen molar-refractivity contribution in [3.63, 3.8) is 0 Å². The number of aryl methyl sites for hydroxylation is 1. The molecule has 5 nitrogen and oxygen atoms in total. The number of hydrogen-bond acceptors (Lipinski definition) is 4. The minimum Gasteiger partial charge on any atom is -0.339 e. The second kappa shape index (κ2) is 6.95. The summed E-state index contributed by atoms with van der Waals surface area (Å²) in [5.41, 5.74) is 1.12. The molecule has 0 bridgehead atoms. The number of fused-ring (bicyclic) bond motifs is 1. The SMILES string of the molecule is CCCN(C(=O)[C@@H]1C[C@@H]1C)[C@@H]1CCc2nc(NC(=O)[C@H]3C[C@H]3C)sc2C1. The van der Waals surface area contributed by atoms with E-state index in [1.54, 1.807) is 11.3 Å². The molecule has 0 unspecified atom stereocenters. The van der Waals surface area contributed by atoms with E-state index in [0.29, 0.717) is 17.7 Å². The van der Waals surface area contributed by atoms with Crippen LogP contribution < -0.4 is 5.32 Å². The number of hydrogen-bond donors (Lipinski definition) is 1. The topological polar surface area (TPSA) is 62.3 Å². The van der Waals surface area contributed by atoms with Crippen LogP contribution in [0.25, 0.3) is 0 Å². The molecule has 0 aromatic carbocycles. The summed E-state index contributed by atoms with van der Waals surface area (Å²) in [6, 6.07) is 0.287. The lowest BCUT2D eigenvalue weighted by atomic mass is 9.95. The van der Waals surface area contributed by atoms with Crippen molar-refractivity contribution in [2.75, 3.05) is 11.9 Å². The fraction of sp³-hybridized carbons (Fsp3) is 0.750. The highest BCUT2D eigenvalue weighted by molar-refractivity contribution is 7.15. The molecule has 2 fully saturated rings. The molecule has 2 saturated carbocycles. The molecule has 0 aliphatic heterocycles. The molecule has 3 aliphatic carbocycles. The van der Waals surface area contributed by atoms with Gasteiger partial charge in [-0.2, -0.15) is 0 Å². The molecule has 0 radical (unpaired) electrons. The Bertz CT molecular complexity index is 716. The average molecular weight is 376 g/mol. The summed E-state index contributed by atoms with van der Waals surface area (Å²) in [5, 5.41) is 3.75.